The Morgan fingerprint density at radius 1 is 1.14 bits per heavy atom. The minimum Gasteiger partial charge on any atom is -0.458 e. The highest BCUT2D eigenvalue weighted by Gasteiger charge is 2.45. The molecule has 5 heterocycles. The molecule has 0 spiro atoms. The number of cyclic esters (lactones) is 1. The third kappa shape index (κ3) is 3.51. The number of carbonyl (C=O) groups is 1. The number of hydrogen-bond acceptors (Lipinski definition) is 8. The number of rotatable bonds is 4. The molecule has 0 fully saturated rings. The molecule has 1 aromatic carbocycles. The number of pyridine rings is 2. The fourth-order valence-electron chi connectivity index (χ4n) is 5.17. The lowest BCUT2D eigenvalue weighted by Crippen LogP contribution is -2.44. The van der Waals surface area contributed by atoms with E-state index in [0.29, 0.717) is 40.4 Å². The van der Waals surface area contributed by atoms with E-state index in [1.807, 2.05) is 12.1 Å². The van der Waals surface area contributed by atoms with E-state index in [1.54, 1.807) is 17.6 Å². The monoisotopic (exact) mass is 501 g/mol. The minimum absolute atomic E-state index is 0.0894. The fraction of sp³-hybridized carbons (Fsp3) is 0.393. The largest absolute Gasteiger partial charge is 0.458 e. The van der Waals surface area contributed by atoms with Gasteiger partial charge >= 0.3 is 5.97 Å². The van der Waals surface area contributed by atoms with Gasteiger partial charge in [-0.05, 0) is 32.1 Å². The molecule has 1 atom stereocenters. The van der Waals surface area contributed by atoms with Crippen LogP contribution in [0.2, 0.25) is 0 Å². The Kier molecular flexibility index (Phi) is 5.48. The number of carbonyl (C=O) groups excluding carboxylic acids is 1. The summed E-state index contributed by atoms with van der Waals surface area (Å²) < 4.78 is 18.0. The van der Waals surface area contributed by atoms with Crippen molar-refractivity contribution < 1.29 is 24.1 Å². The molecular weight excluding hydrogens is 474 g/mol. The summed E-state index contributed by atoms with van der Waals surface area (Å²) in [6, 6.07) is 5.44. The van der Waals surface area contributed by atoms with Crippen LogP contribution in [0.1, 0.15) is 48.9 Å². The van der Waals surface area contributed by atoms with Crippen LogP contribution in [0, 0.1) is 11.8 Å². The molecule has 6 rings (SSSR count). The fourth-order valence-corrected chi connectivity index (χ4v) is 5.17. The molecule has 190 valence electrons. The number of ether oxygens (including phenoxy) is 3. The smallest absolute Gasteiger partial charge is 0.343 e. The van der Waals surface area contributed by atoms with Crippen LogP contribution in [0.4, 0.5) is 0 Å². The lowest BCUT2D eigenvalue weighted by Gasteiger charge is -2.31. The number of fused-ring (bicyclic) bond motifs is 6. The van der Waals surface area contributed by atoms with Crippen LogP contribution in [0.25, 0.3) is 22.3 Å². The second kappa shape index (κ2) is 8.61. The van der Waals surface area contributed by atoms with Crippen LogP contribution in [0.15, 0.2) is 23.0 Å². The molecule has 0 bridgehead atoms. The molecule has 1 N–H and O–H groups in total. The summed E-state index contributed by atoms with van der Waals surface area (Å²) in [5, 5.41) is 12.0. The highest BCUT2D eigenvalue weighted by atomic mass is 16.7. The van der Waals surface area contributed by atoms with Crippen molar-refractivity contribution in [2.75, 3.05) is 26.9 Å². The zero-order chi connectivity index (χ0) is 25.9. The third-order valence-electron chi connectivity index (χ3n) is 7.55. The highest BCUT2D eigenvalue weighted by Crippen LogP contribution is 2.42. The van der Waals surface area contributed by atoms with Gasteiger partial charge in [0, 0.05) is 41.1 Å². The van der Waals surface area contributed by atoms with E-state index in [9.17, 15) is 14.7 Å². The number of benzene rings is 1. The second-order valence-electron chi connectivity index (χ2n) is 9.59. The Morgan fingerprint density at radius 3 is 2.68 bits per heavy atom. The van der Waals surface area contributed by atoms with E-state index < -0.39 is 11.6 Å². The highest BCUT2D eigenvalue weighted by molar-refractivity contribution is 5.93. The van der Waals surface area contributed by atoms with Crippen molar-refractivity contribution in [1.29, 1.82) is 0 Å². The first-order valence-corrected chi connectivity index (χ1v) is 12.5. The molecule has 9 heteroatoms. The predicted molar refractivity (Wildman–Crippen MR) is 135 cm³/mol. The van der Waals surface area contributed by atoms with Crippen molar-refractivity contribution in [3.63, 3.8) is 0 Å². The van der Waals surface area contributed by atoms with Gasteiger partial charge in [-0.1, -0.05) is 25.7 Å². The first kappa shape index (κ1) is 23.5. The number of aliphatic hydroxyl groups is 1. The normalized spacial score (nSPS) is 18.8. The predicted octanol–water partition coefficient (Wildman–Crippen LogP) is 2.50. The first-order chi connectivity index (χ1) is 17.9. The van der Waals surface area contributed by atoms with Gasteiger partial charge in [0.05, 0.1) is 29.0 Å². The van der Waals surface area contributed by atoms with E-state index in [0.717, 1.165) is 29.6 Å². The van der Waals surface area contributed by atoms with Crippen LogP contribution in [0.5, 0.6) is 11.5 Å². The Hall–Kier alpha value is -3.87. The Labute approximate surface area is 213 Å². The molecule has 9 nitrogen and oxygen atoms in total. The molecule has 0 aliphatic carbocycles. The second-order valence-corrected chi connectivity index (χ2v) is 9.59. The molecule has 0 amide bonds. The zero-order valence-corrected chi connectivity index (χ0v) is 21.0. The summed E-state index contributed by atoms with van der Waals surface area (Å²) in [4.78, 5) is 33.2. The van der Waals surface area contributed by atoms with Crippen LogP contribution in [0.3, 0.4) is 0 Å². The summed E-state index contributed by atoms with van der Waals surface area (Å²) in [7, 11) is 2.05. The number of esters is 1. The summed E-state index contributed by atoms with van der Waals surface area (Å²) in [5.74, 6) is 7.15. The molecule has 2 aromatic heterocycles. The third-order valence-corrected chi connectivity index (χ3v) is 7.55. The van der Waals surface area contributed by atoms with Gasteiger partial charge in [0.25, 0.3) is 5.56 Å². The Morgan fingerprint density at radius 2 is 1.92 bits per heavy atom. The molecule has 0 radical (unpaired) electrons. The summed E-state index contributed by atoms with van der Waals surface area (Å²) in [5.41, 5.74) is 1.85. The van der Waals surface area contributed by atoms with Gasteiger partial charge in [0.15, 0.2) is 17.1 Å². The van der Waals surface area contributed by atoms with Gasteiger partial charge < -0.3 is 28.8 Å². The average molecular weight is 502 g/mol. The maximum atomic E-state index is 13.6. The van der Waals surface area contributed by atoms with E-state index in [4.69, 9.17) is 19.2 Å². The zero-order valence-electron chi connectivity index (χ0n) is 21.0. The average Bonchev–Trinajstić information content (AvgIpc) is 3.51. The Bertz CT molecular complexity index is 1600. The van der Waals surface area contributed by atoms with Crippen molar-refractivity contribution in [3.05, 3.63) is 50.8 Å². The molecule has 3 aliphatic heterocycles. The van der Waals surface area contributed by atoms with Crippen LogP contribution < -0.4 is 15.0 Å². The SMILES string of the molecule is CCN(C)CCC#Cc1c2c(nc3cc4c(cc13)OCO4)-c1cc3c(c(=O)n1C2)COC(=O)[C@]3(O)CC. The maximum Gasteiger partial charge on any atom is 0.343 e. The van der Waals surface area contributed by atoms with E-state index in [2.05, 4.69) is 30.7 Å². The maximum absolute atomic E-state index is 13.6. The van der Waals surface area contributed by atoms with Gasteiger partial charge in [-0.3, -0.25) is 4.79 Å². The quantitative estimate of drug-likeness (QED) is 0.336. The molecule has 37 heavy (non-hydrogen) atoms. The van der Waals surface area contributed by atoms with E-state index in [-0.39, 0.29) is 37.5 Å². The van der Waals surface area contributed by atoms with Crippen LogP contribution in [-0.2, 0) is 28.3 Å². The van der Waals surface area contributed by atoms with Crippen molar-refractivity contribution >= 4 is 16.9 Å². The number of hydrogen-bond donors (Lipinski definition) is 1. The molecular formula is C28H27N3O6. The summed E-state index contributed by atoms with van der Waals surface area (Å²) >= 11 is 0. The summed E-state index contributed by atoms with van der Waals surface area (Å²) in [6.07, 6.45) is 0.782. The molecule has 0 saturated heterocycles. The van der Waals surface area contributed by atoms with Gasteiger partial charge in [-0.15, -0.1) is 0 Å². The van der Waals surface area contributed by atoms with Gasteiger partial charge in [0.1, 0.15) is 6.61 Å². The molecule has 3 aliphatic rings. The van der Waals surface area contributed by atoms with Crippen molar-refractivity contribution in [1.82, 2.24) is 14.5 Å². The molecule has 0 saturated carbocycles. The minimum atomic E-state index is -1.87. The van der Waals surface area contributed by atoms with Gasteiger partial charge in [-0.2, -0.15) is 0 Å². The topological polar surface area (TPSA) is 103 Å². The first-order valence-electron chi connectivity index (χ1n) is 12.5. The van der Waals surface area contributed by atoms with Crippen LogP contribution in [-0.4, -0.2) is 52.5 Å². The van der Waals surface area contributed by atoms with E-state index in [1.165, 1.54) is 0 Å². The van der Waals surface area contributed by atoms with Gasteiger partial charge in [0.2, 0.25) is 6.79 Å². The molecule has 3 aromatic rings. The van der Waals surface area contributed by atoms with Crippen molar-refractivity contribution in [2.45, 2.75) is 45.4 Å². The van der Waals surface area contributed by atoms with Crippen molar-refractivity contribution in [3.8, 4) is 34.7 Å². The number of aromatic nitrogens is 2. The standard InChI is InChI=1S/C28H27N3O6/c1-4-28(34)20-11-22-25-18(13-31(22)26(32)19(20)14-35-27(28)33)16(8-6-7-9-30(3)5-2)17-10-23-24(37-15-36-23)12-21(17)29-25/h10-12,34H,4-5,7,9,13-15H2,1-3H3/t28-/m0/s1. The van der Waals surface area contributed by atoms with Crippen molar-refractivity contribution in [2.24, 2.45) is 0 Å². The van der Waals surface area contributed by atoms with E-state index >= 15 is 0 Å². The number of nitrogens with zero attached hydrogens (tertiary/aromatic N) is 3. The Balaban J connectivity index is 1.57. The lowest BCUT2D eigenvalue weighted by molar-refractivity contribution is -0.172. The van der Waals surface area contributed by atoms with Crippen LogP contribution >= 0.6 is 0 Å². The summed E-state index contributed by atoms with van der Waals surface area (Å²) in [6.45, 7) is 5.84. The van der Waals surface area contributed by atoms with Gasteiger partial charge in [-0.25, -0.2) is 9.78 Å². The molecule has 0 unspecified atom stereocenters. The lowest BCUT2D eigenvalue weighted by atomic mass is 9.86.